The Kier molecular flexibility index (Phi) is 3.96. The molecule has 1 aromatic heterocycles. The summed E-state index contributed by atoms with van der Waals surface area (Å²) in [6.07, 6.45) is 1.57. The molecule has 19 heavy (non-hydrogen) atoms. The molecule has 1 aromatic carbocycles. The summed E-state index contributed by atoms with van der Waals surface area (Å²) >= 11 is 3.24. The molecule has 0 aliphatic carbocycles. The van der Waals surface area contributed by atoms with Crippen molar-refractivity contribution in [3.63, 3.8) is 0 Å². The molecule has 0 fully saturated rings. The van der Waals surface area contributed by atoms with E-state index in [-0.39, 0.29) is 10.9 Å². The predicted octanol–water partition coefficient (Wildman–Crippen LogP) is 3.03. The van der Waals surface area contributed by atoms with Crippen LogP contribution in [0.3, 0.4) is 0 Å². The zero-order valence-electron chi connectivity index (χ0n) is 10.5. The first-order chi connectivity index (χ1) is 8.92. The molecule has 0 unspecified atom stereocenters. The third kappa shape index (κ3) is 2.98. The molecule has 0 aliphatic heterocycles. The summed E-state index contributed by atoms with van der Waals surface area (Å²) in [5, 5.41) is 4.09. The number of sulfonamides is 1. The second kappa shape index (κ2) is 5.34. The topological polar surface area (TPSA) is 64.0 Å². The minimum Gasteiger partial charge on any atom is -0.264 e. The smallest absolute Gasteiger partial charge is 0.264 e. The van der Waals surface area contributed by atoms with Crippen LogP contribution in [0.1, 0.15) is 19.9 Å². The lowest BCUT2D eigenvalue weighted by molar-refractivity contribution is 0.539. The molecule has 1 heterocycles. The van der Waals surface area contributed by atoms with Crippen LogP contribution in [0.25, 0.3) is 0 Å². The molecule has 0 bridgehead atoms. The first kappa shape index (κ1) is 14.1. The van der Waals surface area contributed by atoms with E-state index in [0.717, 1.165) is 0 Å². The highest BCUT2D eigenvalue weighted by atomic mass is 79.9. The summed E-state index contributed by atoms with van der Waals surface area (Å²) in [7, 11) is -3.63. The Morgan fingerprint density at radius 2 is 1.95 bits per heavy atom. The number of aromatic nitrogens is 2. The molecule has 102 valence electrons. The zero-order chi connectivity index (χ0) is 14.0. The van der Waals surface area contributed by atoms with Gasteiger partial charge in [-0.25, -0.2) is 13.1 Å². The van der Waals surface area contributed by atoms with Gasteiger partial charge >= 0.3 is 0 Å². The lowest BCUT2D eigenvalue weighted by atomic mass is 10.4. The number of hydrogen-bond acceptors (Lipinski definition) is 3. The molecule has 5 nitrogen and oxygen atoms in total. The maximum atomic E-state index is 12.3. The average Bonchev–Trinajstić information content (AvgIpc) is 2.76. The fourth-order valence-electron chi connectivity index (χ4n) is 1.66. The van der Waals surface area contributed by atoms with Crippen molar-refractivity contribution in [2.75, 3.05) is 4.72 Å². The molecule has 0 saturated heterocycles. The van der Waals surface area contributed by atoms with E-state index in [2.05, 4.69) is 25.8 Å². The Morgan fingerprint density at radius 3 is 2.58 bits per heavy atom. The van der Waals surface area contributed by atoms with Crippen molar-refractivity contribution >= 4 is 31.8 Å². The summed E-state index contributed by atoms with van der Waals surface area (Å²) in [6, 6.07) is 8.39. The summed E-state index contributed by atoms with van der Waals surface area (Å²) in [6.45, 7) is 3.87. The fourth-order valence-corrected chi connectivity index (χ4v) is 3.72. The molecule has 0 saturated carbocycles. The van der Waals surface area contributed by atoms with Gasteiger partial charge in [0.15, 0.2) is 0 Å². The Balaban J connectivity index is 2.37. The minimum atomic E-state index is -3.63. The highest BCUT2D eigenvalue weighted by Gasteiger charge is 2.19. The van der Waals surface area contributed by atoms with Gasteiger partial charge < -0.3 is 0 Å². The van der Waals surface area contributed by atoms with Crippen LogP contribution < -0.4 is 4.72 Å². The maximum Gasteiger partial charge on any atom is 0.264 e. The van der Waals surface area contributed by atoms with Gasteiger partial charge in [-0.05, 0) is 41.9 Å². The Hall–Kier alpha value is -1.34. The molecule has 7 heteroatoms. The Bertz CT molecular complexity index is 680. The molecule has 1 N–H and O–H groups in total. The first-order valence-corrected chi connectivity index (χ1v) is 8.00. The second-order valence-electron chi connectivity index (χ2n) is 4.29. The van der Waals surface area contributed by atoms with Gasteiger partial charge in [0.1, 0.15) is 10.7 Å². The van der Waals surface area contributed by atoms with Gasteiger partial charge in [0.2, 0.25) is 0 Å². The van der Waals surface area contributed by atoms with Gasteiger partial charge in [-0.2, -0.15) is 5.10 Å². The third-order valence-electron chi connectivity index (χ3n) is 2.52. The molecule has 0 aliphatic rings. The van der Waals surface area contributed by atoms with Crippen molar-refractivity contribution in [2.24, 2.45) is 0 Å². The second-order valence-corrected chi connectivity index (χ2v) is 6.80. The Labute approximate surface area is 120 Å². The lowest BCUT2D eigenvalue weighted by Crippen LogP contribution is -2.17. The van der Waals surface area contributed by atoms with E-state index in [1.54, 1.807) is 41.2 Å². The molecule has 2 aromatic rings. The van der Waals surface area contributed by atoms with Crippen LogP contribution in [-0.2, 0) is 10.0 Å². The number of benzene rings is 1. The van der Waals surface area contributed by atoms with E-state index in [4.69, 9.17) is 0 Å². The van der Waals surface area contributed by atoms with Crippen molar-refractivity contribution in [3.05, 3.63) is 41.0 Å². The first-order valence-electron chi connectivity index (χ1n) is 5.72. The molecule has 0 radical (unpaired) electrons. The van der Waals surface area contributed by atoms with E-state index < -0.39 is 10.0 Å². The maximum absolute atomic E-state index is 12.3. The highest BCUT2D eigenvalue weighted by Crippen LogP contribution is 2.24. The number of halogens is 1. The molecule has 0 spiro atoms. The van der Waals surface area contributed by atoms with Crippen LogP contribution in [0.5, 0.6) is 0 Å². The van der Waals surface area contributed by atoms with E-state index in [1.807, 2.05) is 13.8 Å². The number of nitrogens with one attached hydrogen (secondary N) is 1. The number of nitrogens with zero attached hydrogens (tertiary/aromatic N) is 2. The van der Waals surface area contributed by atoms with Crippen molar-refractivity contribution in [1.82, 2.24) is 9.78 Å². The normalized spacial score (nSPS) is 11.8. The van der Waals surface area contributed by atoms with Crippen molar-refractivity contribution in [2.45, 2.75) is 24.8 Å². The number of anilines is 1. The largest absolute Gasteiger partial charge is 0.264 e. The molecule has 0 amide bonds. The van der Waals surface area contributed by atoms with E-state index in [9.17, 15) is 8.42 Å². The van der Waals surface area contributed by atoms with Crippen LogP contribution in [0.2, 0.25) is 0 Å². The SMILES string of the molecule is CC(C)n1nccc1NS(=O)(=O)c1ccccc1Br. The summed E-state index contributed by atoms with van der Waals surface area (Å²) in [5.41, 5.74) is 0. The molecule has 0 atom stereocenters. The van der Waals surface area contributed by atoms with Gasteiger partial charge in [-0.3, -0.25) is 4.72 Å². The van der Waals surface area contributed by atoms with Crippen molar-refractivity contribution in [1.29, 1.82) is 0 Å². The van der Waals surface area contributed by atoms with E-state index >= 15 is 0 Å². The van der Waals surface area contributed by atoms with E-state index in [1.165, 1.54) is 0 Å². The summed E-state index contributed by atoms with van der Waals surface area (Å²) in [4.78, 5) is 0.200. The molecular weight excluding hydrogens is 330 g/mol. The van der Waals surface area contributed by atoms with Crippen LogP contribution >= 0.6 is 15.9 Å². The summed E-state index contributed by atoms with van der Waals surface area (Å²) < 4.78 is 29.3. The third-order valence-corrected chi connectivity index (χ3v) is 4.89. The van der Waals surface area contributed by atoms with Crippen molar-refractivity contribution < 1.29 is 8.42 Å². The molecular formula is C12H14BrN3O2S. The summed E-state index contributed by atoms with van der Waals surface area (Å²) in [5.74, 6) is 0.450. The van der Waals surface area contributed by atoms with Gasteiger partial charge in [-0.1, -0.05) is 12.1 Å². The Morgan fingerprint density at radius 1 is 1.26 bits per heavy atom. The number of hydrogen-bond donors (Lipinski definition) is 1. The van der Waals surface area contributed by atoms with Gasteiger partial charge in [0.05, 0.1) is 6.20 Å². The van der Waals surface area contributed by atoms with Crippen LogP contribution in [-0.4, -0.2) is 18.2 Å². The fraction of sp³-hybridized carbons (Fsp3) is 0.250. The van der Waals surface area contributed by atoms with Gasteiger partial charge in [0.25, 0.3) is 10.0 Å². The van der Waals surface area contributed by atoms with E-state index in [0.29, 0.717) is 10.3 Å². The van der Waals surface area contributed by atoms with Crippen molar-refractivity contribution in [3.8, 4) is 0 Å². The molecule has 2 rings (SSSR count). The highest BCUT2D eigenvalue weighted by molar-refractivity contribution is 9.10. The monoisotopic (exact) mass is 343 g/mol. The zero-order valence-corrected chi connectivity index (χ0v) is 12.9. The average molecular weight is 344 g/mol. The number of rotatable bonds is 4. The standard InChI is InChI=1S/C12H14BrN3O2S/c1-9(2)16-12(7-8-14-16)15-19(17,18)11-6-4-3-5-10(11)13/h3-9,15H,1-2H3. The minimum absolute atomic E-state index is 0.0758. The van der Waals surface area contributed by atoms with Gasteiger partial charge in [-0.15, -0.1) is 0 Å². The van der Waals surface area contributed by atoms with Crippen LogP contribution in [0, 0.1) is 0 Å². The van der Waals surface area contributed by atoms with Crippen LogP contribution in [0.15, 0.2) is 45.9 Å². The quantitative estimate of drug-likeness (QED) is 0.927. The van der Waals surface area contributed by atoms with Crippen LogP contribution in [0.4, 0.5) is 5.82 Å². The predicted molar refractivity (Wildman–Crippen MR) is 77.6 cm³/mol. The lowest BCUT2D eigenvalue weighted by Gasteiger charge is -2.13. The van der Waals surface area contributed by atoms with Gasteiger partial charge in [0, 0.05) is 16.6 Å².